The van der Waals surface area contributed by atoms with Crippen LogP contribution < -0.4 is 0 Å². The maximum Gasteiger partial charge on any atom is 0.416 e. The van der Waals surface area contributed by atoms with Gasteiger partial charge in [0.2, 0.25) is 0 Å². The lowest BCUT2D eigenvalue weighted by Gasteiger charge is -2.12. The van der Waals surface area contributed by atoms with Crippen molar-refractivity contribution in [1.29, 1.82) is 0 Å². The average molecular weight is 307 g/mol. The molecule has 0 aliphatic rings. The molecule has 0 spiro atoms. The number of fused-ring (bicyclic) bond motifs is 1. The highest BCUT2D eigenvalue weighted by atomic mass is 19.4. The molecule has 3 aromatic rings. The van der Waals surface area contributed by atoms with Gasteiger partial charge in [-0.2, -0.15) is 13.2 Å². The van der Waals surface area contributed by atoms with Crippen molar-refractivity contribution in [2.75, 3.05) is 0 Å². The molecule has 0 bridgehead atoms. The summed E-state index contributed by atoms with van der Waals surface area (Å²) in [4.78, 5) is 4.20. The number of nitrogens with zero attached hydrogens (tertiary/aromatic N) is 1. The average Bonchev–Trinajstić information content (AvgIpc) is 2.88. The first-order valence-electron chi connectivity index (χ1n) is 6.63. The second-order valence-corrected chi connectivity index (χ2v) is 4.92. The van der Waals surface area contributed by atoms with Gasteiger partial charge < -0.3 is 9.52 Å². The predicted octanol–water partition coefficient (Wildman–Crippen LogP) is 4.12. The van der Waals surface area contributed by atoms with Gasteiger partial charge in [0.15, 0.2) is 11.5 Å². The molecule has 0 unspecified atom stereocenters. The third-order valence-corrected chi connectivity index (χ3v) is 3.30. The van der Waals surface area contributed by atoms with E-state index in [2.05, 4.69) is 4.98 Å². The van der Waals surface area contributed by atoms with E-state index in [1.807, 2.05) is 0 Å². The Kier molecular flexibility index (Phi) is 3.62. The van der Waals surface area contributed by atoms with Crippen molar-refractivity contribution in [3.63, 3.8) is 0 Å². The lowest BCUT2D eigenvalue weighted by Crippen LogP contribution is -2.08. The van der Waals surface area contributed by atoms with Crippen molar-refractivity contribution < 1.29 is 22.7 Å². The number of alkyl halides is 3. The topological polar surface area (TPSA) is 46.3 Å². The second kappa shape index (κ2) is 5.46. The first-order chi connectivity index (χ1) is 10.4. The maximum atomic E-state index is 12.7. The van der Waals surface area contributed by atoms with Crippen LogP contribution in [0.5, 0.6) is 0 Å². The lowest BCUT2D eigenvalue weighted by molar-refractivity contribution is -0.137. The van der Waals surface area contributed by atoms with Gasteiger partial charge in [0.05, 0.1) is 18.1 Å². The quantitative estimate of drug-likeness (QED) is 0.791. The molecule has 1 heterocycles. The van der Waals surface area contributed by atoms with Gasteiger partial charge in [-0.25, -0.2) is 4.98 Å². The summed E-state index contributed by atoms with van der Waals surface area (Å²) in [5.41, 5.74) is 0.612. The molecule has 3 nitrogen and oxygen atoms in total. The molecule has 6 heteroatoms. The number of rotatable bonds is 3. The summed E-state index contributed by atoms with van der Waals surface area (Å²) in [6.45, 7) is 0. The Morgan fingerprint density at radius 1 is 1.09 bits per heavy atom. The lowest BCUT2D eigenvalue weighted by atomic mass is 10.0. The van der Waals surface area contributed by atoms with Crippen LogP contribution in [0.2, 0.25) is 0 Å². The van der Waals surface area contributed by atoms with E-state index in [1.54, 1.807) is 24.3 Å². The van der Waals surface area contributed by atoms with Gasteiger partial charge in [0, 0.05) is 0 Å². The molecule has 0 fully saturated rings. The van der Waals surface area contributed by atoms with Crippen LogP contribution in [-0.4, -0.2) is 10.1 Å². The molecule has 0 aliphatic carbocycles. The number of aliphatic hydroxyl groups is 1. The normalized spacial score (nSPS) is 13.5. The molecule has 0 saturated heterocycles. The smallest absolute Gasteiger partial charge is 0.416 e. The standard InChI is InChI=1S/C16H12F3NO2/c17-16(18,19)11-5-3-4-10(8-11)13(21)9-15-20-12-6-1-2-7-14(12)22-15/h1-8,13,21H,9H2/t13-/m1/s1. The van der Waals surface area contributed by atoms with Crippen molar-refractivity contribution in [3.05, 3.63) is 65.5 Å². The molecule has 0 saturated carbocycles. The summed E-state index contributed by atoms with van der Waals surface area (Å²) < 4.78 is 43.5. The van der Waals surface area contributed by atoms with E-state index >= 15 is 0 Å². The summed E-state index contributed by atoms with van der Waals surface area (Å²) >= 11 is 0. The number of hydrogen-bond donors (Lipinski definition) is 1. The fourth-order valence-corrected chi connectivity index (χ4v) is 2.21. The Balaban J connectivity index is 1.83. The number of aliphatic hydroxyl groups excluding tert-OH is 1. The van der Waals surface area contributed by atoms with E-state index in [9.17, 15) is 18.3 Å². The van der Waals surface area contributed by atoms with Crippen LogP contribution >= 0.6 is 0 Å². The Morgan fingerprint density at radius 3 is 2.59 bits per heavy atom. The van der Waals surface area contributed by atoms with E-state index in [0.717, 1.165) is 12.1 Å². The summed E-state index contributed by atoms with van der Waals surface area (Å²) in [5, 5.41) is 10.1. The number of oxazole rings is 1. The molecule has 1 aromatic heterocycles. The van der Waals surface area contributed by atoms with E-state index < -0.39 is 17.8 Å². The molecular formula is C16H12F3NO2. The zero-order valence-electron chi connectivity index (χ0n) is 11.3. The van der Waals surface area contributed by atoms with Crippen LogP contribution in [0.4, 0.5) is 13.2 Å². The second-order valence-electron chi connectivity index (χ2n) is 4.92. The SMILES string of the molecule is O[C@H](Cc1nc2ccccc2o1)c1cccc(C(F)(F)F)c1. The molecule has 0 radical (unpaired) electrons. The zero-order chi connectivity index (χ0) is 15.7. The van der Waals surface area contributed by atoms with Crippen LogP contribution in [0, 0.1) is 0 Å². The summed E-state index contributed by atoms with van der Waals surface area (Å²) in [5.74, 6) is 0.283. The minimum Gasteiger partial charge on any atom is -0.441 e. The first-order valence-corrected chi connectivity index (χ1v) is 6.63. The molecule has 1 atom stereocenters. The van der Waals surface area contributed by atoms with Crippen LogP contribution in [0.1, 0.15) is 23.1 Å². The van der Waals surface area contributed by atoms with Crippen LogP contribution in [0.25, 0.3) is 11.1 Å². The maximum absolute atomic E-state index is 12.7. The van der Waals surface area contributed by atoms with E-state index in [4.69, 9.17) is 4.42 Å². The Labute approximate surface area is 124 Å². The molecule has 22 heavy (non-hydrogen) atoms. The van der Waals surface area contributed by atoms with Crippen molar-refractivity contribution in [3.8, 4) is 0 Å². The highest BCUT2D eigenvalue weighted by Crippen LogP contribution is 2.31. The van der Waals surface area contributed by atoms with Crippen molar-refractivity contribution in [2.24, 2.45) is 0 Å². The summed E-state index contributed by atoms with van der Waals surface area (Å²) in [6, 6.07) is 11.7. The van der Waals surface area contributed by atoms with Gasteiger partial charge in [0.25, 0.3) is 0 Å². The first kappa shape index (κ1) is 14.6. The highest BCUT2D eigenvalue weighted by molar-refractivity contribution is 5.72. The fourth-order valence-electron chi connectivity index (χ4n) is 2.21. The molecule has 2 aromatic carbocycles. The van der Waals surface area contributed by atoms with Gasteiger partial charge in [0.1, 0.15) is 5.52 Å². The van der Waals surface area contributed by atoms with Crippen molar-refractivity contribution in [2.45, 2.75) is 18.7 Å². The van der Waals surface area contributed by atoms with E-state index in [-0.39, 0.29) is 17.9 Å². The van der Waals surface area contributed by atoms with Gasteiger partial charge in [-0.05, 0) is 29.8 Å². The fraction of sp³-hybridized carbons (Fsp3) is 0.188. The molecule has 114 valence electrons. The van der Waals surface area contributed by atoms with Crippen LogP contribution in [0.3, 0.4) is 0 Å². The number of benzene rings is 2. The van der Waals surface area contributed by atoms with Gasteiger partial charge in [-0.3, -0.25) is 0 Å². The Morgan fingerprint density at radius 2 is 1.86 bits per heavy atom. The van der Waals surface area contributed by atoms with Gasteiger partial charge in [-0.15, -0.1) is 0 Å². The van der Waals surface area contributed by atoms with Crippen LogP contribution in [0.15, 0.2) is 52.9 Å². The highest BCUT2D eigenvalue weighted by Gasteiger charge is 2.31. The largest absolute Gasteiger partial charge is 0.441 e. The number of halogens is 3. The molecular weight excluding hydrogens is 295 g/mol. The van der Waals surface area contributed by atoms with Crippen molar-refractivity contribution >= 4 is 11.1 Å². The third-order valence-electron chi connectivity index (χ3n) is 3.30. The number of aromatic nitrogens is 1. The zero-order valence-corrected chi connectivity index (χ0v) is 11.3. The molecule has 1 N–H and O–H groups in total. The third kappa shape index (κ3) is 2.96. The molecule has 3 rings (SSSR count). The summed E-state index contributed by atoms with van der Waals surface area (Å²) in [6.07, 6.45) is -5.54. The monoisotopic (exact) mass is 307 g/mol. The predicted molar refractivity (Wildman–Crippen MR) is 74.1 cm³/mol. The molecule has 0 aliphatic heterocycles. The minimum absolute atomic E-state index is 0.00991. The minimum atomic E-state index is -4.44. The van der Waals surface area contributed by atoms with E-state index in [1.165, 1.54) is 12.1 Å². The van der Waals surface area contributed by atoms with Crippen molar-refractivity contribution in [1.82, 2.24) is 4.98 Å². The van der Waals surface area contributed by atoms with E-state index in [0.29, 0.717) is 11.1 Å². The number of para-hydroxylation sites is 2. The Hall–Kier alpha value is -2.34. The number of hydrogen-bond acceptors (Lipinski definition) is 3. The summed E-state index contributed by atoms with van der Waals surface area (Å²) in [7, 11) is 0. The molecule has 0 amide bonds. The van der Waals surface area contributed by atoms with Crippen LogP contribution in [-0.2, 0) is 12.6 Å². The Bertz CT molecular complexity index is 762. The van der Waals surface area contributed by atoms with Gasteiger partial charge >= 0.3 is 6.18 Å². The van der Waals surface area contributed by atoms with Gasteiger partial charge in [-0.1, -0.05) is 24.3 Å².